The highest BCUT2D eigenvalue weighted by Crippen LogP contribution is 2.22. The zero-order valence-corrected chi connectivity index (χ0v) is 7.97. The highest BCUT2D eigenvalue weighted by atomic mass is 35.5. The predicted octanol–water partition coefficient (Wildman–Crippen LogP) is 1.40. The van der Waals surface area contributed by atoms with Crippen LogP contribution in [0.25, 0.3) is 0 Å². The molecule has 0 saturated heterocycles. The molecule has 0 aliphatic heterocycles. The predicted molar refractivity (Wildman–Crippen MR) is 52.0 cm³/mol. The molecule has 0 unspecified atom stereocenters. The Morgan fingerprint density at radius 2 is 1.75 bits per heavy atom. The smallest absolute Gasteiger partial charge is 0.160 e. The third kappa shape index (κ3) is 4.05. The van der Waals surface area contributed by atoms with Gasteiger partial charge in [-0.05, 0) is 19.2 Å². The maximum Gasteiger partial charge on any atom is 0.160 e. The Kier molecular flexibility index (Phi) is 9.29. The fourth-order valence-electron chi connectivity index (χ4n) is 0.630. The van der Waals surface area contributed by atoms with Crippen molar-refractivity contribution in [2.24, 2.45) is 5.73 Å². The van der Waals surface area contributed by atoms with Gasteiger partial charge in [0.25, 0.3) is 0 Å². The molecule has 0 radical (unpaired) electrons. The van der Waals surface area contributed by atoms with E-state index in [0.717, 1.165) is 0 Å². The second kappa shape index (κ2) is 8.17. The number of rotatable bonds is 1. The minimum atomic E-state index is 0. The molecule has 0 spiro atoms. The summed E-state index contributed by atoms with van der Waals surface area (Å²) in [6.45, 7) is 0. The van der Waals surface area contributed by atoms with Crippen molar-refractivity contribution in [2.75, 3.05) is 14.2 Å². The van der Waals surface area contributed by atoms with Gasteiger partial charge in [-0.1, -0.05) is 12.1 Å². The molecule has 0 fully saturated rings. The summed E-state index contributed by atoms with van der Waals surface area (Å²) < 4.78 is 4.79. The molecule has 12 heavy (non-hydrogen) atoms. The van der Waals surface area contributed by atoms with Gasteiger partial charge in [0.15, 0.2) is 11.5 Å². The average Bonchev–Trinajstić information content (AvgIpc) is 2.09. The van der Waals surface area contributed by atoms with Gasteiger partial charge in [-0.2, -0.15) is 0 Å². The van der Waals surface area contributed by atoms with E-state index >= 15 is 0 Å². The molecule has 1 aromatic carbocycles. The van der Waals surface area contributed by atoms with Crippen LogP contribution in [0.15, 0.2) is 24.3 Å². The van der Waals surface area contributed by atoms with E-state index in [4.69, 9.17) is 9.84 Å². The molecule has 0 aliphatic rings. The van der Waals surface area contributed by atoms with Crippen LogP contribution in [0.2, 0.25) is 0 Å². The lowest BCUT2D eigenvalue weighted by atomic mass is 10.3. The Labute approximate surface area is 78.6 Å². The Balaban J connectivity index is 0. The third-order valence-corrected chi connectivity index (χ3v) is 1.09. The van der Waals surface area contributed by atoms with E-state index in [2.05, 4.69) is 5.73 Å². The Hall–Kier alpha value is -0.930. The van der Waals surface area contributed by atoms with Gasteiger partial charge in [0.1, 0.15) is 0 Å². The van der Waals surface area contributed by atoms with Gasteiger partial charge in [-0.3, -0.25) is 0 Å². The first-order valence-electron chi connectivity index (χ1n) is 3.24. The molecule has 3 N–H and O–H groups in total. The van der Waals surface area contributed by atoms with Crippen LogP contribution in [-0.4, -0.2) is 19.3 Å². The van der Waals surface area contributed by atoms with Crippen molar-refractivity contribution in [3.63, 3.8) is 0 Å². The number of para-hydroxylation sites is 2. The van der Waals surface area contributed by atoms with Crippen LogP contribution in [0, 0.1) is 0 Å². The first-order chi connectivity index (χ1) is 5.34. The highest BCUT2D eigenvalue weighted by molar-refractivity contribution is 5.85. The van der Waals surface area contributed by atoms with Crippen LogP contribution in [0.5, 0.6) is 11.5 Å². The first kappa shape index (κ1) is 13.6. The van der Waals surface area contributed by atoms with Crippen molar-refractivity contribution in [3.05, 3.63) is 24.3 Å². The minimum Gasteiger partial charge on any atom is -0.504 e. The first-order valence-corrected chi connectivity index (χ1v) is 3.24. The molecule has 0 bridgehead atoms. The second-order valence-corrected chi connectivity index (χ2v) is 1.67. The zero-order chi connectivity index (χ0) is 8.69. The largest absolute Gasteiger partial charge is 0.504 e. The van der Waals surface area contributed by atoms with Gasteiger partial charge in [0.2, 0.25) is 0 Å². The topological polar surface area (TPSA) is 55.5 Å². The van der Waals surface area contributed by atoms with E-state index in [9.17, 15) is 0 Å². The SMILES string of the molecule is CN.COc1ccccc1O.Cl. The molecule has 0 aliphatic carbocycles. The number of phenols is 1. The van der Waals surface area contributed by atoms with Crippen LogP contribution < -0.4 is 10.5 Å². The summed E-state index contributed by atoms with van der Waals surface area (Å²) in [4.78, 5) is 0. The summed E-state index contributed by atoms with van der Waals surface area (Å²) in [6.07, 6.45) is 0. The number of phenolic OH excluding ortho intramolecular Hbond substituents is 1. The van der Waals surface area contributed by atoms with E-state index in [0.29, 0.717) is 5.75 Å². The molecule has 0 amide bonds. The summed E-state index contributed by atoms with van der Waals surface area (Å²) in [6, 6.07) is 6.84. The maximum absolute atomic E-state index is 8.99. The zero-order valence-electron chi connectivity index (χ0n) is 7.15. The number of hydrogen-bond acceptors (Lipinski definition) is 3. The number of nitrogens with two attached hydrogens (primary N) is 1. The van der Waals surface area contributed by atoms with E-state index in [-0.39, 0.29) is 18.2 Å². The van der Waals surface area contributed by atoms with Gasteiger partial charge < -0.3 is 15.6 Å². The van der Waals surface area contributed by atoms with Crippen LogP contribution >= 0.6 is 12.4 Å². The molecular weight excluding hydrogens is 178 g/mol. The molecule has 70 valence electrons. The fourth-order valence-corrected chi connectivity index (χ4v) is 0.630. The molecule has 0 atom stereocenters. The van der Waals surface area contributed by atoms with Gasteiger partial charge in [-0.15, -0.1) is 12.4 Å². The van der Waals surface area contributed by atoms with E-state index < -0.39 is 0 Å². The minimum absolute atomic E-state index is 0. The quantitative estimate of drug-likeness (QED) is 0.706. The van der Waals surface area contributed by atoms with Crippen molar-refractivity contribution < 1.29 is 9.84 Å². The molecule has 1 aromatic rings. The van der Waals surface area contributed by atoms with Crippen LogP contribution in [0.4, 0.5) is 0 Å². The number of aromatic hydroxyl groups is 1. The normalized spacial score (nSPS) is 7.25. The molecular formula is C8H14ClNO2. The molecule has 3 nitrogen and oxygen atoms in total. The molecule has 0 saturated carbocycles. The van der Waals surface area contributed by atoms with Crippen molar-refractivity contribution in [1.82, 2.24) is 0 Å². The van der Waals surface area contributed by atoms with E-state index in [1.54, 1.807) is 24.3 Å². The fraction of sp³-hybridized carbons (Fsp3) is 0.250. The van der Waals surface area contributed by atoms with Crippen molar-refractivity contribution in [2.45, 2.75) is 0 Å². The monoisotopic (exact) mass is 191 g/mol. The Bertz CT molecular complexity index is 206. The Morgan fingerprint density at radius 1 is 1.25 bits per heavy atom. The second-order valence-electron chi connectivity index (χ2n) is 1.67. The van der Waals surface area contributed by atoms with E-state index in [1.165, 1.54) is 14.2 Å². The molecule has 4 heteroatoms. The number of benzene rings is 1. The number of hydrogen-bond donors (Lipinski definition) is 2. The maximum atomic E-state index is 8.99. The molecule has 1 rings (SSSR count). The Morgan fingerprint density at radius 3 is 2.08 bits per heavy atom. The summed E-state index contributed by atoms with van der Waals surface area (Å²) in [5.74, 6) is 0.692. The number of ether oxygens (including phenoxy) is 1. The highest BCUT2D eigenvalue weighted by Gasteiger charge is 1.94. The molecule has 0 heterocycles. The van der Waals surface area contributed by atoms with Crippen molar-refractivity contribution in [1.29, 1.82) is 0 Å². The van der Waals surface area contributed by atoms with Crippen molar-refractivity contribution in [3.8, 4) is 11.5 Å². The standard InChI is InChI=1S/C7H8O2.CH5N.ClH/c1-9-7-5-3-2-4-6(7)8;1-2;/h2-5,8H,1H3;2H2,1H3;1H. The number of methoxy groups -OCH3 is 1. The average molecular weight is 192 g/mol. The summed E-state index contributed by atoms with van der Waals surface area (Å²) in [7, 11) is 3.02. The van der Waals surface area contributed by atoms with Gasteiger partial charge in [-0.25, -0.2) is 0 Å². The lowest BCUT2D eigenvalue weighted by molar-refractivity contribution is 0.373. The van der Waals surface area contributed by atoms with Gasteiger partial charge >= 0.3 is 0 Å². The van der Waals surface area contributed by atoms with Crippen LogP contribution in [0.3, 0.4) is 0 Å². The van der Waals surface area contributed by atoms with Gasteiger partial charge in [0.05, 0.1) is 7.11 Å². The number of halogens is 1. The van der Waals surface area contributed by atoms with Crippen LogP contribution in [-0.2, 0) is 0 Å². The third-order valence-electron chi connectivity index (χ3n) is 1.09. The molecule has 0 aromatic heterocycles. The lowest BCUT2D eigenvalue weighted by Crippen LogP contribution is -1.80. The lowest BCUT2D eigenvalue weighted by Gasteiger charge is -1.99. The summed E-state index contributed by atoms with van der Waals surface area (Å²) in [5, 5.41) is 8.99. The summed E-state index contributed by atoms with van der Waals surface area (Å²) >= 11 is 0. The van der Waals surface area contributed by atoms with Crippen molar-refractivity contribution >= 4 is 12.4 Å². The van der Waals surface area contributed by atoms with Crippen LogP contribution in [0.1, 0.15) is 0 Å². The van der Waals surface area contributed by atoms with E-state index in [1.807, 2.05) is 0 Å². The van der Waals surface area contributed by atoms with Gasteiger partial charge in [0, 0.05) is 0 Å². The summed E-state index contributed by atoms with van der Waals surface area (Å²) in [5.41, 5.74) is 4.50.